The van der Waals surface area contributed by atoms with Gasteiger partial charge in [0.1, 0.15) is 11.5 Å². The Bertz CT molecular complexity index is 981. The Balaban J connectivity index is 1.76. The van der Waals surface area contributed by atoms with E-state index >= 15 is 0 Å². The van der Waals surface area contributed by atoms with Crippen LogP contribution in [0.1, 0.15) is 27.7 Å². The molecule has 0 fully saturated rings. The van der Waals surface area contributed by atoms with Gasteiger partial charge in [-0.15, -0.1) is 0 Å². The molecule has 2 amide bonds. The van der Waals surface area contributed by atoms with Crippen molar-refractivity contribution in [3.63, 3.8) is 0 Å². The second-order valence-electron chi connectivity index (χ2n) is 6.99. The van der Waals surface area contributed by atoms with E-state index in [4.69, 9.17) is 4.42 Å². The van der Waals surface area contributed by atoms with Gasteiger partial charge in [-0.3, -0.25) is 9.59 Å². The average Bonchev–Trinajstić information content (AvgIpc) is 3.27. The predicted molar refractivity (Wildman–Crippen MR) is 116 cm³/mol. The van der Waals surface area contributed by atoms with Crippen LogP contribution in [0.3, 0.4) is 0 Å². The van der Waals surface area contributed by atoms with Gasteiger partial charge >= 0.3 is 0 Å². The Morgan fingerprint density at radius 1 is 0.967 bits per heavy atom. The molecule has 2 aromatic carbocycles. The van der Waals surface area contributed by atoms with Gasteiger partial charge in [0.05, 0.1) is 12.3 Å². The summed E-state index contributed by atoms with van der Waals surface area (Å²) in [5.74, 6) is -0.282. The molecular weight excluding hydrogens is 378 g/mol. The minimum Gasteiger partial charge on any atom is -0.465 e. The summed E-state index contributed by atoms with van der Waals surface area (Å²) < 4.78 is 5.32. The van der Waals surface area contributed by atoms with Gasteiger partial charge < -0.3 is 20.0 Å². The summed E-state index contributed by atoms with van der Waals surface area (Å²) in [7, 11) is 3.92. The Morgan fingerprint density at radius 3 is 2.23 bits per heavy atom. The second-order valence-corrected chi connectivity index (χ2v) is 6.99. The predicted octanol–water partition coefficient (Wildman–Crippen LogP) is 3.47. The number of hydrogen-bond donors (Lipinski definition) is 2. The van der Waals surface area contributed by atoms with Crippen LogP contribution in [0.25, 0.3) is 6.08 Å². The molecule has 0 aliphatic carbocycles. The number of carbonyl (C=O) groups excluding carboxylic acids is 2. The maximum Gasteiger partial charge on any atom is 0.268 e. The molecule has 6 heteroatoms. The zero-order valence-corrected chi connectivity index (χ0v) is 17.0. The standard InChI is InChI=1S/C24H25N3O3/c1-27(2)22(18-10-5-3-6-11-18)17-25-24(29)21(16-20-14-9-15-30-20)26-23(28)19-12-7-4-8-13-19/h3-16,22H,17H2,1-2H3,(H,25,29)(H,26,28). The van der Waals surface area contributed by atoms with Crippen LogP contribution in [0.2, 0.25) is 0 Å². The van der Waals surface area contributed by atoms with Crippen molar-refractivity contribution in [1.29, 1.82) is 0 Å². The number of hydrogen-bond acceptors (Lipinski definition) is 4. The van der Waals surface area contributed by atoms with E-state index in [0.29, 0.717) is 17.9 Å². The summed E-state index contributed by atoms with van der Waals surface area (Å²) in [4.78, 5) is 27.6. The summed E-state index contributed by atoms with van der Waals surface area (Å²) in [6, 6.07) is 22.1. The van der Waals surface area contributed by atoms with Crippen molar-refractivity contribution in [2.45, 2.75) is 6.04 Å². The number of nitrogens with zero attached hydrogens (tertiary/aromatic N) is 1. The van der Waals surface area contributed by atoms with Crippen LogP contribution in [0.15, 0.2) is 89.2 Å². The van der Waals surface area contributed by atoms with E-state index in [0.717, 1.165) is 5.56 Å². The number of benzene rings is 2. The molecule has 154 valence electrons. The average molecular weight is 403 g/mol. The number of amides is 2. The Kier molecular flexibility index (Phi) is 7.19. The monoisotopic (exact) mass is 403 g/mol. The van der Waals surface area contributed by atoms with Crippen LogP contribution < -0.4 is 10.6 Å². The van der Waals surface area contributed by atoms with Crippen LogP contribution in [-0.2, 0) is 4.79 Å². The molecule has 0 bridgehead atoms. The topological polar surface area (TPSA) is 74.6 Å². The van der Waals surface area contributed by atoms with Gasteiger partial charge in [0, 0.05) is 18.2 Å². The molecule has 1 unspecified atom stereocenters. The fourth-order valence-corrected chi connectivity index (χ4v) is 3.02. The zero-order valence-electron chi connectivity index (χ0n) is 17.0. The highest BCUT2D eigenvalue weighted by molar-refractivity contribution is 6.05. The summed E-state index contributed by atoms with van der Waals surface area (Å²) in [5.41, 5.74) is 1.67. The SMILES string of the molecule is CN(C)C(CNC(=O)C(=Cc1ccco1)NC(=O)c1ccccc1)c1ccccc1. The fraction of sp³-hybridized carbons (Fsp3) is 0.167. The first-order chi connectivity index (χ1) is 14.5. The van der Waals surface area contributed by atoms with E-state index in [-0.39, 0.29) is 17.6 Å². The van der Waals surface area contributed by atoms with Gasteiger partial charge in [0.2, 0.25) is 0 Å². The molecular formula is C24H25N3O3. The smallest absolute Gasteiger partial charge is 0.268 e. The van der Waals surface area contributed by atoms with Crippen molar-refractivity contribution in [3.8, 4) is 0 Å². The lowest BCUT2D eigenvalue weighted by Crippen LogP contribution is -2.39. The first-order valence-corrected chi connectivity index (χ1v) is 9.66. The van der Waals surface area contributed by atoms with E-state index in [1.165, 1.54) is 12.3 Å². The molecule has 6 nitrogen and oxygen atoms in total. The maximum atomic E-state index is 12.9. The third-order valence-corrected chi connectivity index (χ3v) is 4.62. The number of rotatable bonds is 8. The molecule has 1 heterocycles. The molecule has 0 radical (unpaired) electrons. The lowest BCUT2D eigenvalue weighted by Gasteiger charge is -2.25. The van der Waals surface area contributed by atoms with Gasteiger partial charge in [-0.1, -0.05) is 48.5 Å². The van der Waals surface area contributed by atoms with Crippen molar-refractivity contribution in [1.82, 2.24) is 15.5 Å². The normalized spacial score (nSPS) is 12.4. The molecule has 0 saturated heterocycles. The van der Waals surface area contributed by atoms with Crippen molar-refractivity contribution in [2.75, 3.05) is 20.6 Å². The molecule has 0 aliphatic rings. The van der Waals surface area contributed by atoms with Gasteiger partial charge in [-0.25, -0.2) is 0 Å². The number of furan rings is 1. The number of carbonyl (C=O) groups is 2. The van der Waals surface area contributed by atoms with Crippen LogP contribution in [0, 0.1) is 0 Å². The maximum absolute atomic E-state index is 12.9. The van der Waals surface area contributed by atoms with Crippen LogP contribution in [0.5, 0.6) is 0 Å². The first-order valence-electron chi connectivity index (χ1n) is 9.66. The second kappa shape index (κ2) is 10.2. The van der Waals surface area contributed by atoms with E-state index in [9.17, 15) is 9.59 Å². The van der Waals surface area contributed by atoms with Gasteiger partial charge in [-0.05, 0) is 43.9 Å². The lowest BCUT2D eigenvalue weighted by atomic mass is 10.1. The Hall–Kier alpha value is -3.64. The van der Waals surface area contributed by atoms with Gasteiger partial charge in [0.15, 0.2) is 0 Å². The van der Waals surface area contributed by atoms with E-state index in [1.807, 2.05) is 55.4 Å². The molecule has 1 aromatic heterocycles. The molecule has 1 atom stereocenters. The summed E-state index contributed by atoms with van der Waals surface area (Å²) >= 11 is 0. The van der Waals surface area contributed by atoms with Crippen LogP contribution in [-0.4, -0.2) is 37.4 Å². The van der Waals surface area contributed by atoms with Crippen molar-refractivity contribution in [3.05, 3.63) is 102 Å². The molecule has 0 spiro atoms. The largest absolute Gasteiger partial charge is 0.465 e. The third kappa shape index (κ3) is 5.68. The van der Waals surface area contributed by atoms with Crippen molar-refractivity contribution in [2.24, 2.45) is 0 Å². The number of likely N-dealkylation sites (N-methyl/N-ethyl adjacent to an activating group) is 1. The lowest BCUT2D eigenvalue weighted by molar-refractivity contribution is -0.117. The summed E-state index contributed by atoms with van der Waals surface area (Å²) in [6.45, 7) is 0.381. The minimum absolute atomic E-state index is 0.00941. The van der Waals surface area contributed by atoms with Crippen molar-refractivity contribution >= 4 is 17.9 Å². The minimum atomic E-state index is -0.390. The molecule has 3 aromatic rings. The Labute approximate surface area is 176 Å². The molecule has 0 saturated carbocycles. The molecule has 0 aliphatic heterocycles. The van der Waals surface area contributed by atoms with Crippen LogP contribution in [0.4, 0.5) is 0 Å². The molecule has 3 rings (SSSR count). The molecule has 2 N–H and O–H groups in total. The summed E-state index contributed by atoms with van der Waals surface area (Å²) in [5, 5.41) is 5.63. The summed E-state index contributed by atoms with van der Waals surface area (Å²) in [6.07, 6.45) is 3.03. The first kappa shape index (κ1) is 21.1. The third-order valence-electron chi connectivity index (χ3n) is 4.62. The zero-order chi connectivity index (χ0) is 21.3. The highest BCUT2D eigenvalue weighted by Crippen LogP contribution is 2.17. The van der Waals surface area contributed by atoms with Crippen molar-refractivity contribution < 1.29 is 14.0 Å². The van der Waals surface area contributed by atoms with E-state index < -0.39 is 5.91 Å². The highest BCUT2D eigenvalue weighted by atomic mass is 16.3. The quantitative estimate of drug-likeness (QED) is 0.565. The van der Waals surface area contributed by atoms with E-state index in [2.05, 4.69) is 10.6 Å². The number of nitrogens with one attached hydrogen (secondary N) is 2. The fourth-order valence-electron chi connectivity index (χ4n) is 3.02. The highest BCUT2D eigenvalue weighted by Gasteiger charge is 2.19. The Morgan fingerprint density at radius 2 is 1.63 bits per heavy atom. The van der Waals surface area contributed by atoms with Gasteiger partial charge in [-0.2, -0.15) is 0 Å². The van der Waals surface area contributed by atoms with Crippen LogP contribution >= 0.6 is 0 Å². The van der Waals surface area contributed by atoms with E-state index in [1.54, 1.807) is 36.4 Å². The molecule has 30 heavy (non-hydrogen) atoms. The van der Waals surface area contributed by atoms with Gasteiger partial charge in [0.25, 0.3) is 11.8 Å².